The quantitative estimate of drug-likeness (QED) is 0.163. The van der Waals surface area contributed by atoms with Crippen LogP contribution >= 0.6 is 0 Å². The molecule has 0 heterocycles. The number of carbonyl (C=O) groups excluding carboxylic acids is 2. The monoisotopic (exact) mass is 499 g/mol. The van der Waals surface area contributed by atoms with E-state index in [2.05, 4.69) is 5.32 Å². The van der Waals surface area contributed by atoms with Gasteiger partial charge in [0.05, 0.1) is 17.9 Å². The molecular formula is C30H23F2NO4. The predicted octanol–water partition coefficient (Wildman–Crippen LogP) is 6.90. The van der Waals surface area contributed by atoms with Gasteiger partial charge in [-0.05, 0) is 60.5 Å². The summed E-state index contributed by atoms with van der Waals surface area (Å²) in [5.41, 5.74) is 1.59. The van der Waals surface area contributed by atoms with Crippen molar-refractivity contribution in [3.63, 3.8) is 0 Å². The number of anilines is 1. The Hall–Kier alpha value is -4.78. The van der Waals surface area contributed by atoms with E-state index in [9.17, 15) is 18.4 Å². The average Bonchev–Trinajstić information content (AvgIpc) is 2.90. The third kappa shape index (κ3) is 6.46. The Balaban J connectivity index is 1.68. The summed E-state index contributed by atoms with van der Waals surface area (Å²) in [6.45, 7) is 2.21. The van der Waals surface area contributed by atoms with Gasteiger partial charge in [0.25, 0.3) is 5.91 Å². The Kier molecular flexibility index (Phi) is 8.05. The van der Waals surface area contributed by atoms with Gasteiger partial charge in [-0.3, -0.25) is 4.79 Å². The maximum atomic E-state index is 14.5. The number of nitrogens with one attached hydrogen (secondary N) is 1. The topological polar surface area (TPSA) is 64.6 Å². The van der Waals surface area contributed by atoms with Crippen molar-refractivity contribution < 1.29 is 27.8 Å². The molecule has 0 atom stereocenters. The standard InChI is InChI=1S/C30H23F2NO4/c1-2-36-28-11-7-6-10-26(28)33-30(35)24-18-21(23-15-14-22(31)19-25(23)32)13-16-27(24)37-29(34)17-12-20-8-4-3-5-9-20/h3-19H,2H2,1H3,(H,33,35)/b17-12+. The van der Waals surface area contributed by atoms with Gasteiger partial charge in [0.1, 0.15) is 23.1 Å². The molecule has 7 heteroatoms. The fraction of sp³-hybridized carbons (Fsp3) is 0.0667. The second kappa shape index (κ2) is 11.8. The van der Waals surface area contributed by atoms with E-state index < -0.39 is 23.5 Å². The number of halogens is 2. The van der Waals surface area contributed by atoms with Crippen molar-refractivity contribution in [1.82, 2.24) is 0 Å². The van der Waals surface area contributed by atoms with Crippen LogP contribution in [0.25, 0.3) is 17.2 Å². The zero-order chi connectivity index (χ0) is 26.2. The lowest BCUT2D eigenvalue weighted by molar-refractivity contribution is -0.128. The van der Waals surface area contributed by atoms with E-state index in [0.29, 0.717) is 23.6 Å². The van der Waals surface area contributed by atoms with Crippen molar-refractivity contribution in [3.05, 3.63) is 120 Å². The Morgan fingerprint density at radius 2 is 1.62 bits per heavy atom. The van der Waals surface area contributed by atoms with Gasteiger partial charge < -0.3 is 14.8 Å². The third-order valence-corrected chi connectivity index (χ3v) is 5.32. The van der Waals surface area contributed by atoms with E-state index in [1.165, 1.54) is 30.3 Å². The number of rotatable bonds is 8. The van der Waals surface area contributed by atoms with Crippen molar-refractivity contribution in [2.75, 3.05) is 11.9 Å². The van der Waals surface area contributed by atoms with Gasteiger partial charge in [-0.2, -0.15) is 0 Å². The predicted molar refractivity (Wildman–Crippen MR) is 138 cm³/mol. The van der Waals surface area contributed by atoms with Crippen LogP contribution < -0.4 is 14.8 Å². The van der Waals surface area contributed by atoms with Gasteiger partial charge >= 0.3 is 5.97 Å². The zero-order valence-corrected chi connectivity index (χ0v) is 19.9. The normalized spacial score (nSPS) is 10.8. The van der Waals surface area contributed by atoms with Crippen LogP contribution in [-0.4, -0.2) is 18.5 Å². The maximum absolute atomic E-state index is 14.5. The first-order chi connectivity index (χ1) is 17.9. The Morgan fingerprint density at radius 1 is 0.865 bits per heavy atom. The number of hydrogen-bond donors (Lipinski definition) is 1. The average molecular weight is 500 g/mol. The molecule has 5 nitrogen and oxygen atoms in total. The highest BCUT2D eigenvalue weighted by Crippen LogP contribution is 2.31. The van der Waals surface area contributed by atoms with Gasteiger partial charge in [-0.25, -0.2) is 13.6 Å². The first kappa shape index (κ1) is 25.3. The smallest absolute Gasteiger partial charge is 0.336 e. The van der Waals surface area contributed by atoms with Crippen molar-refractivity contribution in [2.24, 2.45) is 0 Å². The fourth-order valence-electron chi connectivity index (χ4n) is 3.60. The third-order valence-electron chi connectivity index (χ3n) is 5.32. The van der Waals surface area contributed by atoms with E-state index >= 15 is 0 Å². The highest BCUT2D eigenvalue weighted by molar-refractivity contribution is 6.08. The van der Waals surface area contributed by atoms with Gasteiger partial charge in [0.2, 0.25) is 0 Å². The first-order valence-electron chi connectivity index (χ1n) is 11.5. The second-order valence-corrected chi connectivity index (χ2v) is 7.88. The molecule has 0 fully saturated rings. The summed E-state index contributed by atoms with van der Waals surface area (Å²) < 4.78 is 39.0. The summed E-state index contributed by atoms with van der Waals surface area (Å²) in [5.74, 6) is -2.38. The molecule has 0 aromatic heterocycles. The van der Waals surface area contributed by atoms with Crippen molar-refractivity contribution >= 4 is 23.6 Å². The summed E-state index contributed by atoms with van der Waals surface area (Å²) >= 11 is 0. The highest BCUT2D eigenvalue weighted by Gasteiger charge is 2.19. The second-order valence-electron chi connectivity index (χ2n) is 7.88. The van der Waals surface area contributed by atoms with Crippen LogP contribution in [0, 0.1) is 11.6 Å². The molecule has 4 aromatic rings. The number of esters is 1. The van der Waals surface area contributed by atoms with E-state index in [1.54, 1.807) is 30.3 Å². The van der Waals surface area contributed by atoms with Gasteiger partial charge in [0, 0.05) is 17.7 Å². The number of para-hydroxylation sites is 2. The molecule has 0 unspecified atom stereocenters. The molecule has 37 heavy (non-hydrogen) atoms. The van der Waals surface area contributed by atoms with E-state index in [1.807, 2.05) is 37.3 Å². The van der Waals surface area contributed by atoms with Crippen molar-refractivity contribution in [3.8, 4) is 22.6 Å². The molecular weight excluding hydrogens is 476 g/mol. The van der Waals surface area contributed by atoms with Crippen LogP contribution in [0.1, 0.15) is 22.8 Å². The summed E-state index contributed by atoms with van der Waals surface area (Å²) in [4.78, 5) is 25.9. The molecule has 0 saturated heterocycles. The number of amides is 1. The van der Waals surface area contributed by atoms with Gasteiger partial charge in [-0.15, -0.1) is 0 Å². The minimum Gasteiger partial charge on any atom is -0.492 e. The van der Waals surface area contributed by atoms with Crippen LogP contribution in [0.5, 0.6) is 11.5 Å². The van der Waals surface area contributed by atoms with Crippen molar-refractivity contribution in [1.29, 1.82) is 0 Å². The van der Waals surface area contributed by atoms with Crippen LogP contribution in [0.4, 0.5) is 14.5 Å². The van der Waals surface area contributed by atoms with E-state index in [-0.39, 0.29) is 16.9 Å². The Labute approximate surface area is 213 Å². The molecule has 4 aromatic carbocycles. The van der Waals surface area contributed by atoms with Crippen LogP contribution in [0.2, 0.25) is 0 Å². The minimum absolute atomic E-state index is 0.0195. The molecule has 0 aliphatic heterocycles. The Bertz CT molecular complexity index is 1450. The molecule has 0 bridgehead atoms. The summed E-state index contributed by atoms with van der Waals surface area (Å²) in [6.07, 6.45) is 2.83. The number of ether oxygens (including phenoxy) is 2. The first-order valence-corrected chi connectivity index (χ1v) is 11.5. The van der Waals surface area contributed by atoms with Crippen LogP contribution in [-0.2, 0) is 4.79 Å². The molecule has 0 radical (unpaired) electrons. The highest BCUT2D eigenvalue weighted by atomic mass is 19.1. The molecule has 1 N–H and O–H groups in total. The van der Waals surface area contributed by atoms with E-state index in [0.717, 1.165) is 17.7 Å². The summed E-state index contributed by atoms with van der Waals surface area (Å²) in [6, 6.07) is 23.5. The van der Waals surface area contributed by atoms with E-state index in [4.69, 9.17) is 9.47 Å². The SMILES string of the molecule is CCOc1ccccc1NC(=O)c1cc(-c2ccc(F)cc2F)ccc1OC(=O)/C=C/c1ccccc1. The van der Waals surface area contributed by atoms with Gasteiger partial charge in [0.15, 0.2) is 0 Å². The minimum atomic E-state index is -0.788. The maximum Gasteiger partial charge on any atom is 0.336 e. The lowest BCUT2D eigenvalue weighted by Gasteiger charge is -2.14. The van der Waals surface area contributed by atoms with Crippen LogP contribution in [0.3, 0.4) is 0 Å². The number of carbonyl (C=O) groups is 2. The fourth-order valence-corrected chi connectivity index (χ4v) is 3.60. The molecule has 4 rings (SSSR count). The molecule has 0 aliphatic rings. The van der Waals surface area contributed by atoms with Crippen LogP contribution in [0.15, 0.2) is 97.1 Å². The summed E-state index contributed by atoms with van der Waals surface area (Å²) in [5, 5.41) is 2.76. The summed E-state index contributed by atoms with van der Waals surface area (Å²) in [7, 11) is 0. The number of hydrogen-bond acceptors (Lipinski definition) is 4. The molecule has 0 spiro atoms. The van der Waals surface area contributed by atoms with Gasteiger partial charge in [-0.1, -0.05) is 48.5 Å². The molecule has 1 amide bonds. The van der Waals surface area contributed by atoms with Crippen molar-refractivity contribution in [2.45, 2.75) is 6.92 Å². The Morgan fingerprint density at radius 3 is 2.38 bits per heavy atom. The largest absolute Gasteiger partial charge is 0.492 e. The molecule has 0 saturated carbocycles. The lowest BCUT2D eigenvalue weighted by Crippen LogP contribution is -2.16. The molecule has 0 aliphatic carbocycles. The lowest BCUT2D eigenvalue weighted by atomic mass is 10.0. The zero-order valence-electron chi connectivity index (χ0n) is 19.9. The number of benzene rings is 4. The molecule has 186 valence electrons.